The molecule has 0 unspecified atom stereocenters. The Bertz CT molecular complexity index is 894. The predicted octanol–water partition coefficient (Wildman–Crippen LogP) is 4.92. The molecular formula is C16H11F5O5S. The smallest absolute Gasteiger partial charge is 0.349 e. The van der Waals surface area contributed by atoms with Gasteiger partial charge in [0.05, 0.1) is 5.56 Å². The number of carbonyl (C=O) groups is 3. The van der Waals surface area contributed by atoms with E-state index in [-0.39, 0.29) is 17.2 Å². The summed E-state index contributed by atoms with van der Waals surface area (Å²) in [5, 5.41) is 0. The van der Waals surface area contributed by atoms with Gasteiger partial charge >= 0.3 is 22.2 Å². The first kappa shape index (κ1) is 20.4. The first-order valence-electron chi connectivity index (χ1n) is 7.06. The van der Waals surface area contributed by atoms with Crippen LogP contribution in [0.5, 0.6) is 5.75 Å². The van der Waals surface area contributed by atoms with Crippen LogP contribution in [-0.2, 0) is 9.53 Å². The first-order valence-corrected chi connectivity index (χ1v) is 9.01. The van der Waals surface area contributed by atoms with Gasteiger partial charge in [-0.3, -0.25) is 4.79 Å². The molecule has 5 nitrogen and oxygen atoms in total. The summed E-state index contributed by atoms with van der Waals surface area (Å²) in [5.41, 5.74) is 0.236. The number of hydrogen-bond acceptors (Lipinski definition) is 5. The van der Waals surface area contributed by atoms with Gasteiger partial charge in [0, 0.05) is 5.56 Å². The lowest BCUT2D eigenvalue weighted by molar-refractivity contribution is -0.138. The fourth-order valence-corrected chi connectivity index (χ4v) is 2.74. The van der Waals surface area contributed by atoms with Gasteiger partial charge in [0.15, 0.2) is 12.4 Å². The average Bonchev–Trinajstić information content (AvgIpc) is 2.58. The van der Waals surface area contributed by atoms with Crippen molar-refractivity contribution < 1.29 is 43.3 Å². The van der Waals surface area contributed by atoms with E-state index in [2.05, 4.69) is 9.47 Å². The maximum absolute atomic E-state index is 13.0. The van der Waals surface area contributed by atoms with Gasteiger partial charge in [-0.25, -0.2) is 9.59 Å². The highest BCUT2D eigenvalue weighted by Gasteiger charge is 2.67. The number of ether oxygens (including phenoxy) is 2. The van der Waals surface area contributed by atoms with Crippen molar-refractivity contribution in [2.45, 2.75) is 4.90 Å². The molecule has 27 heavy (non-hydrogen) atoms. The summed E-state index contributed by atoms with van der Waals surface area (Å²) in [6.45, 7) is -1.11. The summed E-state index contributed by atoms with van der Waals surface area (Å²) in [7, 11) is -10.1. The molecule has 0 N–H and O–H groups in total. The third kappa shape index (κ3) is 5.51. The van der Waals surface area contributed by atoms with Crippen molar-refractivity contribution in [3.63, 3.8) is 0 Å². The standard InChI is InChI=1S/C16H11F5O5S/c17-27(18,19,20,21)14-4-2-1-3-13(14)26-15(23)10-25-16(24)12-7-5-11(9-22)6-8-12/h1-9H,10H2. The Labute approximate surface area is 149 Å². The number of halogens is 5. The molecule has 0 amide bonds. The summed E-state index contributed by atoms with van der Waals surface area (Å²) < 4.78 is 73.6. The molecule has 0 atom stereocenters. The van der Waals surface area contributed by atoms with Crippen molar-refractivity contribution in [1.29, 1.82) is 0 Å². The molecule has 0 bridgehead atoms. The third-order valence-corrected chi connectivity index (χ3v) is 4.26. The minimum atomic E-state index is -10.1. The van der Waals surface area contributed by atoms with Gasteiger partial charge in [-0.2, -0.15) is 0 Å². The minimum Gasteiger partial charge on any atom is -0.450 e. The second kappa shape index (κ2) is 6.34. The zero-order valence-corrected chi connectivity index (χ0v) is 14.1. The molecule has 146 valence electrons. The first-order chi connectivity index (χ1) is 12.3. The molecule has 2 aromatic rings. The fraction of sp³-hybridized carbons (Fsp3) is 0.0625. The normalized spacial score (nSPS) is 13.8. The molecule has 0 aliphatic heterocycles. The topological polar surface area (TPSA) is 69.7 Å². The summed E-state index contributed by atoms with van der Waals surface area (Å²) in [5.74, 6) is -3.90. The number of aldehydes is 1. The van der Waals surface area contributed by atoms with Crippen LogP contribution in [-0.4, -0.2) is 24.8 Å². The number of esters is 2. The summed E-state index contributed by atoms with van der Waals surface area (Å²) in [4.78, 5) is 31.5. The molecule has 0 fully saturated rings. The van der Waals surface area contributed by atoms with Crippen LogP contribution in [0.1, 0.15) is 20.7 Å². The molecule has 0 saturated heterocycles. The van der Waals surface area contributed by atoms with Crippen LogP contribution in [0.3, 0.4) is 0 Å². The maximum atomic E-state index is 13.0. The van der Waals surface area contributed by atoms with Crippen LogP contribution >= 0.6 is 10.2 Å². The third-order valence-electron chi connectivity index (χ3n) is 3.09. The number of rotatable bonds is 6. The largest absolute Gasteiger partial charge is 0.450 e. The van der Waals surface area contributed by atoms with Gasteiger partial charge < -0.3 is 9.47 Å². The molecule has 0 spiro atoms. The van der Waals surface area contributed by atoms with Gasteiger partial charge in [0.2, 0.25) is 0 Å². The zero-order chi connectivity index (χ0) is 20.4. The van der Waals surface area contributed by atoms with Crippen LogP contribution in [0.4, 0.5) is 19.4 Å². The second-order valence-electron chi connectivity index (χ2n) is 5.21. The van der Waals surface area contributed by atoms with E-state index >= 15 is 0 Å². The fourth-order valence-electron chi connectivity index (χ4n) is 1.91. The van der Waals surface area contributed by atoms with Crippen molar-refractivity contribution in [2.75, 3.05) is 6.61 Å². The Morgan fingerprint density at radius 1 is 0.926 bits per heavy atom. The van der Waals surface area contributed by atoms with Crippen LogP contribution in [0.25, 0.3) is 0 Å². The average molecular weight is 410 g/mol. The summed E-state index contributed by atoms with van der Waals surface area (Å²) in [6, 6.07) is 7.36. The maximum Gasteiger partial charge on any atom is 0.349 e. The van der Waals surface area contributed by atoms with Crippen molar-refractivity contribution >= 4 is 28.4 Å². The van der Waals surface area contributed by atoms with E-state index in [4.69, 9.17) is 0 Å². The molecule has 0 aromatic heterocycles. The van der Waals surface area contributed by atoms with Crippen molar-refractivity contribution in [3.8, 4) is 5.75 Å². The quantitative estimate of drug-likeness (QED) is 0.293. The second-order valence-corrected chi connectivity index (χ2v) is 7.58. The van der Waals surface area contributed by atoms with Crippen molar-refractivity contribution in [3.05, 3.63) is 59.7 Å². The van der Waals surface area contributed by atoms with E-state index in [1.54, 1.807) is 0 Å². The van der Waals surface area contributed by atoms with E-state index in [1.165, 1.54) is 24.3 Å². The van der Waals surface area contributed by atoms with Gasteiger partial charge in [0.1, 0.15) is 11.2 Å². The molecule has 0 aliphatic rings. The van der Waals surface area contributed by atoms with E-state index in [1.807, 2.05) is 0 Å². The van der Waals surface area contributed by atoms with Crippen molar-refractivity contribution in [1.82, 2.24) is 0 Å². The molecule has 0 aliphatic carbocycles. The van der Waals surface area contributed by atoms with E-state index in [0.29, 0.717) is 18.4 Å². The number of benzene rings is 2. The van der Waals surface area contributed by atoms with E-state index in [0.717, 1.165) is 6.07 Å². The van der Waals surface area contributed by atoms with Crippen molar-refractivity contribution in [2.24, 2.45) is 0 Å². The summed E-state index contributed by atoms with van der Waals surface area (Å²) >= 11 is 0. The van der Waals surface area contributed by atoms with Gasteiger partial charge in [-0.15, -0.1) is 0 Å². The molecule has 2 rings (SSSR count). The van der Waals surface area contributed by atoms with E-state index < -0.39 is 39.4 Å². The van der Waals surface area contributed by atoms with Crippen LogP contribution < -0.4 is 4.74 Å². The molecule has 0 radical (unpaired) electrons. The number of para-hydroxylation sites is 1. The van der Waals surface area contributed by atoms with Crippen LogP contribution in [0.15, 0.2) is 53.4 Å². The van der Waals surface area contributed by atoms with Gasteiger partial charge in [-0.1, -0.05) is 43.7 Å². The lowest BCUT2D eigenvalue weighted by atomic mass is 10.1. The predicted molar refractivity (Wildman–Crippen MR) is 85.6 cm³/mol. The highest BCUT2D eigenvalue weighted by molar-refractivity contribution is 8.45. The van der Waals surface area contributed by atoms with Crippen LogP contribution in [0.2, 0.25) is 0 Å². The lowest BCUT2D eigenvalue weighted by Gasteiger charge is -2.41. The molecule has 11 heteroatoms. The Balaban J connectivity index is 2.07. The van der Waals surface area contributed by atoms with E-state index in [9.17, 15) is 33.8 Å². The molecule has 0 saturated carbocycles. The van der Waals surface area contributed by atoms with Gasteiger partial charge in [0.25, 0.3) is 0 Å². The Morgan fingerprint density at radius 2 is 1.52 bits per heavy atom. The Hall–Kier alpha value is -2.95. The monoisotopic (exact) mass is 410 g/mol. The number of carbonyl (C=O) groups excluding carboxylic acids is 3. The van der Waals surface area contributed by atoms with Gasteiger partial charge in [-0.05, 0) is 24.3 Å². The Morgan fingerprint density at radius 3 is 2.07 bits per heavy atom. The molecular weight excluding hydrogens is 399 g/mol. The van der Waals surface area contributed by atoms with Crippen LogP contribution in [0, 0.1) is 0 Å². The number of hydrogen-bond donors (Lipinski definition) is 0. The zero-order valence-electron chi connectivity index (χ0n) is 13.2. The highest BCUT2D eigenvalue weighted by Crippen LogP contribution is 3.03. The Kier molecular flexibility index (Phi) is 4.78. The molecule has 2 aromatic carbocycles. The summed E-state index contributed by atoms with van der Waals surface area (Å²) in [6.07, 6.45) is 0.530. The molecule has 0 heterocycles. The highest BCUT2D eigenvalue weighted by atomic mass is 32.5. The lowest BCUT2D eigenvalue weighted by Crippen LogP contribution is -2.20. The minimum absolute atomic E-state index is 0.0409. The SMILES string of the molecule is O=Cc1ccc(C(=O)OCC(=O)Oc2ccccc2S(F)(F)(F)(F)F)cc1.